The fourth-order valence-corrected chi connectivity index (χ4v) is 1.59. The van der Waals surface area contributed by atoms with E-state index in [2.05, 4.69) is 22.8 Å². The maximum absolute atomic E-state index is 10.4. The Hall–Kier alpha value is -2.15. The van der Waals surface area contributed by atoms with Crippen molar-refractivity contribution in [2.24, 2.45) is 5.10 Å². The van der Waals surface area contributed by atoms with E-state index in [1.54, 1.807) is 24.3 Å². The molecule has 0 saturated carbocycles. The molecule has 0 heterocycles. The SMILES string of the molecule is CCCCNC(=S)N/N=C\c1ccccc1OCC(=O)[O-]. The molecular weight excluding hydrogens is 290 g/mol. The van der Waals surface area contributed by atoms with Gasteiger partial charge in [-0.1, -0.05) is 25.5 Å². The summed E-state index contributed by atoms with van der Waals surface area (Å²) in [4.78, 5) is 10.4. The van der Waals surface area contributed by atoms with Crippen molar-refractivity contribution < 1.29 is 14.6 Å². The molecule has 2 N–H and O–H groups in total. The molecule has 1 aromatic carbocycles. The second-order valence-corrected chi connectivity index (χ2v) is 4.59. The average molecular weight is 308 g/mol. The van der Waals surface area contributed by atoms with Crippen molar-refractivity contribution >= 4 is 29.5 Å². The monoisotopic (exact) mass is 308 g/mol. The minimum Gasteiger partial charge on any atom is -0.546 e. The van der Waals surface area contributed by atoms with Crippen LogP contribution in [0.4, 0.5) is 0 Å². The van der Waals surface area contributed by atoms with Crippen molar-refractivity contribution in [3.05, 3.63) is 29.8 Å². The molecule has 6 nitrogen and oxygen atoms in total. The third-order valence-electron chi connectivity index (χ3n) is 2.45. The highest BCUT2D eigenvalue weighted by Crippen LogP contribution is 2.15. The fourth-order valence-electron chi connectivity index (χ4n) is 1.43. The lowest BCUT2D eigenvalue weighted by molar-refractivity contribution is -0.307. The van der Waals surface area contributed by atoms with Crippen molar-refractivity contribution in [2.45, 2.75) is 19.8 Å². The lowest BCUT2D eigenvalue weighted by Gasteiger charge is -2.09. The van der Waals surface area contributed by atoms with Crippen LogP contribution in [0.15, 0.2) is 29.4 Å². The maximum Gasteiger partial charge on any atom is 0.186 e. The van der Waals surface area contributed by atoms with Crippen LogP contribution in [0, 0.1) is 0 Å². The fraction of sp³-hybridized carbons (Fsp3) is 0.357. The number of unbranched alkanes of at least 4 members (excludes halogenated alkanes) is 1. The highest BCUT2D eigenvalue weighted by molar-refractivity contribution is 7.80. The summed E-state index contributed by atoms with van der Waals surface area (Å²) in [7, 11) is 0. The van der Waals surface area contributed by atoms with E-state index in [-0.39, 0.29) is 0 Å². The number of carbonyl (C=O) groups is 1. The Balaban J connectivity index is 2.51. The molecular formula is C14H18N3O3S-. The smallest absolute Gasteiger partial charge is 0.186 e. The molecule has 0 saturated heterocycles. The number of ether oxygens (including phenoxy) is 1. The van der Waals surface area contributed by atoms with Crippen LogP contribution < -0.4 is 20.6 Å². The predicted octanol–water partition coefficient (Wildman–Crippen LogP) is 0.413. The number of carboxylic acids is 1. The number of carboxylic acid groups (broad SMARTS) is 1. The number of hydrogen-bond donors (Lipinski definition) is 2. The summed E-state index contributed by atoms with van der Waals surface area (Å²) in [6.45, 7) is 2.39. The van der Waals surface area contributed by atoms with E-state index in [1.165, 1.54) is 6.21 Å². The van der Waals surface area contributed by atoms with Gasteiger partial charge in [0.2, 0.25) is 0 Å². The standard InChI is InChI=1S/C14H19N3O3S/c1-2-3-8-15-14(21)17-16-9-11-6-4-5-7-12(11)20-10-13(18)19/h4-7,9H,2-3,8,10H2,1H3,(H,18,19)(H2,15,17,21)/p-1/b16-9-. The van der Waals surface area contributed by atoms with Crippen molar-refractivity contribution in [1.29, 1.82) is 0 Å². The van der Waals surface area contributed by atoms with Crippen LogP contribution in [0.3, 0.4) is 0 Å². The Morgan fingerprint density at radius 1 is 1.48 bits per heavy atom. The molecule has 0 atom stereocenters. The van der Waals surface area contributed by atoms with Gasteiger partial charge in [-0.05, 0) is 30.8 Å². The Morgan fingerprint density at radius 2 is 2.24 bits per heavy atom. The van der Waals surface area contributed by atoms with Gasteiger partial charge >= 0.3 is 0 Å². The Labute approximate surface area is 129 Å². The number of para-hydroxylation sites is 1. The summed E-state index contributed by atoms with van der Waals surface area (Å²) in [6, 6.07) is 6.95. The molecule has 0 aliphatic carbocycles. The molecule has 0 aliphatic rings. The van der Waals surface area contributed by atoms with Crippen molar-refractivity contribution in [2.75, 3.05) is 13.2 Å². The number of nitrogens with zero attached hydrogens (tertiary/aromatic N) is 1. The van der Waals surface area contributed by atoms with Crippen LogP contribution in [-0.2, 0) is 4.79 Å². The van der Waals surface area contributed by atoms with Gasteiger partial charge in [0.1, 0.15) is 12.4 Å². The van der Waals surface area contributed by atoms with E-state index >= 15 is 0 Å². The van der Waals surface area contributed by atoms with Crippen molar-refractivity contribution in [3.8, 4) is 5.75 Å². The number of hydrazone groups is 1. The van der Waals surface area contributed by atoms with Crippen LogP contribution in [0.25, 0.3) is 0 Å². The van der Waals surface area contributed by atoms with Crippen LogP contribution in [0.1, 0.15) is 25.3 Å². The summed E-state index contributed by atoms with van der Waals surface area (Å²) in [5.74, 6) is -0.863. The molecule has 0 bridgehead atoms. The first kappa shape index (κ1) is 16.9. The molecule has 0 aliphatic heterocycles. The van der Waals surface area contributed by atoms with E-state index in [0.29, 0.717) is 16.4 Å². The second kappa shape index (κ2) is 9.71. The van der Waals surface area contributed by atoms with E-state index in [9.17, 15) is 9.90 Å². The number of rotatable bonds is 8. The zero-order valence-corrected chi connectivity index (χ0v) is 12.6. The Bertz CT molecular complexity index is 506. The number of carbonyl (C=O) groups excluding carboxylic acids is 1. The molecule has 1 aromatic rings. The first-order chi connectivity index (χ1) is 10.1. The van der Waals surface area contributed by atoms with Gasteiger partial charge in [-0.25, -0.2) is 0 Å². The lowest BCUT2D eigenvalue weighted by Crippen LogP contribution is -2.32. The van der Waals surface area contributed by atoms with Gasteiger partial charge in [0, 0.05) is 12.1 Å². The average Bonchev–Trinajstić information content (AvgIpc) is 2.46. The zero-order valence-electron chi connectivity index (χ0n) is 11.8. The molecule has 7 heteroatoms. The normalized spacial score (nSPS) is 10.3. The third-order valence-corrected chi connectivity index (χ3v) is 2.69. The van der Waals surface area contributed by atoms with Gasteiger partial charge < -0.3 is 20.0 Å². The third kappa shape index (κ3) is 7.26. The first-order valence-electron chi connectivity index (χ1n) is 6.62. The highest BCUT2D eigenvalue weighted by atomic mass is 32.1. The van der Waals surface area contributed by atoms with E-state index in [4.69, 9.17) is 17.0 Å². The van der Waals surface area contributed by atoms with Gasteiger partial charge in [-0.3, -0.25) is 5.43 Å². The molecule has 0 radical (unpaired) electrons. The molecule has 1 rings (SSSR count). The summed E-state index contributed by atoms with van der Waals surface area (Å²) in [5.41, 5.74) is 3.33. The number of hydrogen-bond acceptors (Lipinski definition) is 5. The summed E-state index contributed by atoms with van der Waals surface area (Å²) in [6.07, 6.45) is 3.63. The van der Waals surface area contributed by atoms with Crippen LogP contribution in [0.2, 0.25) is 0 Å². The van der Waals surface area contributed by atoms with Crippen molar-refractivity contribution in [3.63, 3.8) is 0 Å². The number of aliphatic carboxylic acids is 1. The summed E-state index contributed by atoms with van der Waals surface area (Å²) < 4.78 is 5.11. The Morgan fingerprint density at radius 3 is 2.95 bits per heavy atom. The Kier molecular flexibility index (Phi) is 7.81. The minimum atomic E-state index is -1.28. The van der Waals surface area contributed by atoms with Crippen LogP contribution >= 0.6 is 12.2 Å². The molecule has 0 amide bonds. The summed E-state index contributed by atoms with van der Waals surface area (Å²) >= 11 is 5.05. The molecule has 0 unspecified atom stereocenters. The quantitative estimate of drug-likeness (QED) is 0.313. The van der Waals surface area contributed by atoms with Gasteiger partial charge in [-0.2, -0.15) is 5.10 Å². The zero-order chi connectivity index (χ0) is 15.5. The van der Waals surface area contributed by atoms with Gasteiger partial charge in [0.05, 0.1) is 12.2 Å². The van der Waals surface area contributed by atoms with E-state index < -0.39 is 12.6 Å². The molecule has 0 spiro atoms. The molecule has 114 valence electrons. The number of nitrogens with one attached hydrogen (secondary N) is 2. The molecule has 0 aromatic heterocycles. The van der Waals surface area contributed by atoms with Gasteiger partial charge in [0.15, 0.2) is 5.11 Å². The van der Waals surface area contributed by atoms with Gasteiger partial charge in [0.25, 0.3) is 0 Å². The number of benzene rings is 1. The largest absolute Gasteiger partial charge is 0.546 e. The van der Waals surface area contributed by atoms with E-state index in [1.807, 2.05) is 0 Å². The molecule has 21 heavy (non-hydrogen) atoms. The summed E-state index contributed by atoms with van der Waals surface area (Å²) in [5, 5.41) is 17.8. The topological polar surface area (TPSA) is 85.8 Å². The highest BCUT2D eigenvalue weighted by Gasteiger charge is 2.00. The maximum atomic E-state index is 10.4. The number of thiocarbonyl (C=S) groups is 1. The van der Waals surface area contributed by atoms with Gasteiger partial charge in [-0.15, -0.1) is 0 Å². The minimum absolute atomic E-state index is 0.414. The van der Waals surface area contributed by atoms with Crippen LogP contribution in [0.5, 0.6) is 5.75 Å². The molecule has 0 fully saturated rings. The van der Waals surface area contributed by atoms with Crippen LogP contribution in [-0.4, -0.2) is 30.4 Å². The first-order valence-corrected chi connectivity index (χ1v) is 7.03. The van der Waals surface area contributed by atoms with E-state index in [0.717, 1.165) is 19.4 Å². The second-order valence-electron chi connectivity index (χ2n) is 4.18. The van der Waals surface area contributed by atoms with Crippen molar-refractivity contribution in [1.82, 2.24) is 10.7 Å². The lowest BCUT2D eigenvalue weighted by atomic mass is 10.2. The predicted molar refractivity (Wildman–Crippen MR) is 83.2 cm³/mol.